The zero-order chi connectivity index (χ0) is 26.6. The Kier molecular flexibility index (Phi) is 9.87. The maximum absolute atomic E-state index is 6.69. The molecule has 6 rings (SSSR count). The average Bonchev–Trinajstić information content (AvgIpc) is 2.98. The van der Waals surface area contributed by atoms with E-state index in [4.69, 9.17) is 9.47 Å². The summed E-state index contributed by atoms with van der Waals surface area (Å²) in [5, 5.41) is 0. The van der Waals surface area contributed by atoms with Crippen molar-refractivity contribution in [2.45, 2.75) is 133 Å². The first-order valence-corrected chi connectivity index (χ1v) is 17.1. The zero-order valence-electron chi connectivity index (χ0n) is 24.9. The van der Waals surface area contributed by atoms with E-state index in [1.165, 1.54) is 109 Å². The van der Waals surface area contributed by atoms with Crippen molar-refractivity contribution in [1.29, 1.82) is 0 Å². The standard InChI is InChI=1S/C35H58N2O2/c1-3-11-28-18-26(20-30-22-36(24-38-34(28)30)32-13-7-5-8-14-32)17-27-19-29(12-4-2)35-31(21-27)23-37(25-39-35)33-15-9-6-10-16-33/h3-4,26-35H,1-2,5-25H2. The van der Waals surface area contributed by atoms with Crippen molar-refractivity contribution >= 4 is 0 Å². The van der Waals surface area contributed by atoms with Gasteiger partial charge in [-0.3, -0.25) is 9.80 Å². The van der Waals surface area contributed by atoms with E-state index in [1.54, 1.807) is 0 Å². The highest BCUT2D eigenvalue weighted by molar-refractivity contribution is 4.98. The van der Waals surface area contributed by atoms with E-state index in [1.807, 2.05) is 0 Å². The van der Waals surface area contributed by atoms with Crippen LogP contribution in [0.5, 0.6) is 0 Å². The van der Waals surface area contributed by atoms with Crippen molar-refractivity contribution in [2.24, 2.45) is 35.5 Å². The molecule has 2 heterocycles. The fourth-order valence-corrected chi connectivity index (χ4v) is 10.3. The van der Waals surface area contributed by atoms with Crippen LogP contribution in [0.4, 0.5) is 0 Å². The lowest BCUT2D eigenvalue weighted by Crippen LogP contribution is -2.55. The van der Waals surface area contributed by atoms with Crippen LogP contribution in [0.25, 0.3) is 0 Å². The molecule has 2 saturated heterocycles. The number of fused-ring (bicyclic) bond motifs is 2. The van der Waals surface area contributed by atoms with Crippen molar-refractivity contribution in [3.05, 3.63) is 25.3 Å². The van der Waals surface area contributed by atoms with Crippen LogP contribution in [-0.2, 0) is 9.47 Å². The number of ether oxygens (including phenoxy) is 2. The molecule has 8 atom stereocenters. The molecule has 0 amide bonds. The van der Waals surface area contributed by atoms with E-state index in [9.17, 15) is 0 Å². The molecule has 220 valence electrons. The predicted molar refractivity (Wildman–Crippen MR) is 160 cm³/mol. The van der Waals surface area contributed by atoms with Gasteiger partial charge in [-0.05, 0) is 106 Å². The predicted octanol–water partition coefficient (Wildman–Crippen LogP) is 7.80. The number of allylic oxidation sites excluding steroid dienone is 2. The van der Waals surface area contributed by atoms with Crippen LogP contribution in [-0.4, -0.2) is 60.6 Å². The van der Waals surface area contributed by atoms with E-state index in [0.29, 0.717) is 35.9 Å². The number of hydrogen-bond donors (Lipinski definition) is 0. The largest absolute Gasteiger partial charge is 0.362 e. The smallest absolute Gasteiger partial charge is 0.0996 e. The molecule has 4 heteroatoms. The van der Waals surface area contributed by atoms with Gasteiger partial charge in [0, 0.05) is 25.2 Å². The van der Waals surface area contributed by atoms with Gasteiger partial charge < -0.3 is 9.47 Å². The lowest BCUT2D eigenvalue weighted by atomic mass is 9.64. The van der Waals surface area contributed by atoms with Gasteiger partial charge in [-0.2, -0.15) is 0 Å². The Morgan fingerprint density at radius 2 is 1.03 bits per heavy atom. The average molecular weight is 539 g/mol. The second kappa shape index (κ2) is 13.5. The van der Waals surface area contributed by atoms with Crippen molar-refractivity contribution < 1.29 is 9.47 Å². The van der Waals surface area contributed by atoms with Crippen LogP contribution in [0.1, 0.15) is 109 Å². The van der Waals surface area contributed by atoms with Crippen LogP contribution in [0, 0.1) is 35.5 Å². The molecule has 0 aromatic carbocycles. The van der Waals surface area contributed by atoms with Crippen molar-refractivity contribution in [3.8, 4) is 0 Å². The van der Waals surface area contributed by atoms with Crippen molar-refractivity contribution in [3.63, 3.8) is 0 Å². The molecule has 39 heavy (non-hydrogen) atoms. The molecule has 2 aliphatic heterocycles. The summed E-state index contributed by atoms with van der Waals surface area (Å²) < 4.78 is 13.4. The third-order valence-corrected chi connectivity index (χ3v) is 12.0. The van der Waals surface area contributed by atoms with Crippen LogP contribution < -0.4 is 0 Å². The summed E-state index contributed by atoms with van der Waals surface area (Å²) in [6.07, 6.45) is 28.4. The van der Waals surface area contributed by atoms with Gasteiger partial charge in [0.05, 0.1) is 25.7 Å². The molecule has 4 saturated carbocycles. The number of hydrogen-bond acceptors (Lipinski definition) is 4. The summed E-state index contributed by atoms with van der Waals surface area (Å²) in [5.74, 6) is 4.45. The third-order valence-electron chi connectivity index (χ3n) is 12.0. The van der Waals surface area contributed by atoms with Crippen molar-refractivity contribution in [2.75, 3.05) is 26.6 Å². The fourth-order valence-electron chi connectivity index (χ4n) is 10.3. The number of rotatable bonds is 8. The fraction of sp³-hybridized carbons (Fsp3) is 0.886. The minimum atomic E-state index is 0.458. The summed E-state index contributed by atoms with van der Waals surface area (Å²) in [4.78, 5) is 5.47. The Labute approximate surface area is 239 Å². The summed E-state index contributed by atoms with van der Waals surface area (Å²) in [6.45, 7) is 12.6. The summed E-state index contributed by atoms with van der Waals surface area (Å²) in [7, 11) is 0. The van der Waals surface area contributed by atoms with E-state index in [-0.39, 0.29) is 0 Å². The molecule has 0 bridgehead atoms. The van der Waals surface area contributed by atoms with Crippen LogP contribution in [0.15, 0.2) is 25.3 Å². The normalized spacial score (nSPS) is 41.4. The highest BCUT2D eigenvalue weighted by atomic mass is 16.5. The molecule has 6 aliphatic rings. The maximum Gasteiger partial charge on any atom is 0.0996 e. The minimum absolute atomic E-state index is 0.458. The lowest BCUT2D eigenvalue weighted by Gasteiger charge is -2.51. The van der Waals surface area contributed by atoms with Gasteiger partial charge in [0.25, 0.3) is 0 Å². The SMILES string of the molecule is C=CCC1CC(CC2CC(CC=C)C3OCN(C4CCCCC4)CC3C2)CC2CN(C3CCCCC3)COC12. The van der Waals surface area contributed by atoms with Gasteiger partial charge in [-0.1, -0.05) is 50.7 Å². The molecule has 0 N–H and O–H groups in total. The molecule has 4 aliphatic carbocycles. The van der Waals surface area contributed by atoms with E-state index in [2.05, 4.69) is 35.1 Å². The lowest BCUT2D eigenvalue weighted by molar-refractivity contribution is -0.168. The Morgan fingerprint density at radius 1 is 0.590 bits per heavy atom. The van der Waals surface area contributed by atoms with Crippen LogP contribution in [0.2, 0.25) is 0 Å². The first-order chi connectivity index (χ1) is 19.2. The Bertz CT molecular complexity index is 726. The topological polar surface area (TPSA) is 24.9 Å². The molecule has 0 radical (unpaired) electrons. The first-order valence-electron chi connectivity index (χ1n) is 17.1. The molecule has 0 aromatic heterocycles. The minimum Gasteiger partial charge on any atom is -0.362 e. The Balaban J connectivity index is 1.10. The van der Waals surface area contributed by atoms with Gasteiger partial charge >= 0.3 is 0 Å². The van der Waals surface area contributed by atoms with Gasteiger partial charge in [0.15, 0.2) is 0 Å². The van der Waals surface area contributed by atoms with Gasteiger partial charge in [-0.15, -0.1) is 13.2 Å². The summed E-state index contributed by atoms with van der Waals surface area (Å²) >= 11 is 0. The van der Waals surface area contributed by atoms with E-state index >= 15 is 0 Å². The number of nitrogens with zero attached hydrogens (tertiary/aromatic N) is 2. The molecule has 6 fully saturated rings. The highest BCUT2D eigenvalue weighted by Crippen LogP contribution is 2.47. The maximum atomic E-state index is 6.69. The van der Waals surface area contributed by atoms with Gasteiger partial charge in [0.2, 0.25) is 0 Å². The van der Waals surface area contributed by atoms with Gasteiger partial charge in [0.1, 0.15) is 0 Å². The molecule has 0 spiro atoms. The highest BCUT2D eigenvalue weighted by Gasteiger charge is 2.46. The zero-order valence-corrected chi connectivity index (χ0v) is 24.9. The van der Waals surface area contributed by atoms with Gasteiger partial charge in [-0.25, -0.2) is 0 Å². The molecular weight excluding hydrogens is 480 g/mol. The summed E-state index contributed by atoms with van der Waals surface area (Å²) in [6, 6.07) is 1.54. The molecule has 4 nitrogen and oxygen atoms in total. The Hall–Kier alpha value is -0.680. The monoisotopic (exact) mass is 538 g/mol. The van der Waals surface area contributed by atoms with E-state index < -0.39 is 0 Å². The molecule has 0 aromatic rings. The quantitative estimate of drug-likeness (QED) is 0.294. The third kappa shape index (κ3) is 6.71. The first kappa shape index (κ1) is 28.4. The molecule has 8 unspecified atom stereocenters. The van der Waals surface area contributed by atoms with E-state index in [0.717, 1.165) is 50.2 Å². The Morgan fingerprint density at radius 3 is 1.44 bits per heavy atom. The second-order valence-electron chi connectivity index (χ2n) is 14.6. The second-order valence-corrected chi connectivity index (χ2v) is 14.6. The molecular formula is C35H58N2O2. The van der Waals surface area contributed by atoms with Crippen molar-refractivity contribution in [1.82, 2.24) is 9.80 Å². The van der Waals surface area contributed by atoms with Crippen LogP contribution in [0.3, 0.4) is 0 Å². The summed E-state index contributed by atoms with van der Waals surface area (Å²) in [5.41, 5.74) is 0. The van der Waals surface area contributed by atoms with Crippen LogP contribution >= 0.6 is 0 Å².